The zero-order valence-electron chi connectivity index (χ0n) is 12.3. The lowest BCUT2D eigenvalue weighted by Crippen LogP contribution is -2.38. The number of amides is 1. The Balaban J connectivity index is 2.36. The second-order valence-electron chi connectivity index (χ2n) is 6.08. The van der Waals surface area contributed by atoms with Gasteiger partial charge in [-0.1, -0.05) is 18.2 Å². The van der Waals surface area contributed by atoms with Crippen molar-refractivity contribution in [3.05, 3.63) is 0 Å². The average molecular weight is 287 g/mol. The lowest BCUT2D eigenvalue weighted by atomic mass is 10.1. The summed E-state index contributed by atoms with van der Waals surface area (Å²) in [6, 6.07) is 0.174. The molecule has 0 aromatic rings. The molecule has 0 aromatic heterocycles. The van der Waals surface area contributed by atoms with Crippen LogP contribution in [0.2, 0.25) is 0 Å². The highest BCUT2D eigenvalue weighted by Crippen LogP contribution is 2.28. The summed E-state index contributed by atoms with van der Waals surface area (Å²) in [4.78, 5) is 22.8. The fourth-order valence-corrected chi connectivity index (χ4v) is 3.25. The normalized spacial score (nSPS) is 24.4. The zero-order chi connectivity index (χ0) is 14.5. The van der Waals surface area contributed by atoms with Gasteiger partial charge in [0.05, 0.1) is 0 Å². The first-order chi connectivity index (χ1) is 8.76. The van der Waals surface area contributed by atoms with Gasteiger partial charge in [0.2, 0.25) is 0 Å². The molecule has 1 N–H and O–H groups in total. The van der Waals surface area contributed by atoms with E-state index < -0.39 is 5.60 Å². The van der Waals surface area contributed by atoms with Crippen molar-refractivity contribution in [2.45, 2.75) is 76.7 Å². The Morgan fingerprint density at radius 1 is 1.16 bits per heavy atom. The van der Waals surface area contributed by atoms with E-state index in [9.17, 15) is 9.59 Å². The fraction of sp³-hybridized carbons (Fsp3) is 0.857. The van der Waals surface area contributed by atoms with Crippen molar-refractivity contribution in [2.75, 3.05) is 0 Å². The molecule has 1 aliphatic carbocycles. The van der Waals surface area contributed by atoms with Gasteiger partial charge < -0.3 is 10.1 Å². The van der Waals surface area contributed by atoms with E-state index >= 15 is 0 Å². The molecule has 2 atom stereocenters. The first-order valence-electron chi connectivity index (χ1n) is 6.93. The van der Waals surface area contributed by atoms with Crippen LogP contribution in [0.3, 0.4) is 0 Å². The number of nitrogens with one attached hydrogen (secondary N) is 1. The topological polar surface area (TPSA) is 55.4 Å². The molecule has 110 valence electrons. The van der Waals surface area contributed by atoms with Crippen LogP contribution in [0.1, 0.15) is 59.8 Å². The van der Waals surface area contributed by atoms with Gasteiger partial charge in [0, 0.05) is 18.2 Å². The highest BCUT2D eigenvalue weighted by molar-refractivity contribution is 8.14. The summed E-state index contributed by atoms with van der Waals surface area (Å²) in [6.45, 7) is 7.20. The molecule has 0 radical (unpaired) electrons. The van der Waals surface area contributed by atoms with E-state index in [0.29, 0.717) is 5.25 Å². The Hall–Kier alpha value is -0.710. The Bertz CT molecular complexity index is 325. The van der Waals surface area contributed by atoms with Crippen LogP contribution in [0.25, 0.3) is 0 Å². The number of ether oxygens (including phenoxy) is 1. The Morgan fingerprint density at radius 2 is 1.84 bits per heavy atom. The van der Waals surface area contributed by atoms with Gasteiger partial charge in [-0.15, -0.1) is 0 Å². The largest absolute Gasteiger partial charge is 0.444 e. The molecule has 1 amide bonds. The predicted molar refractivity (Wildman–Crippen MR) is 78.3 cm³/mol. The van der Waals surface area contributed by atoms with Crippen molar-refractivity contribution in [1.82, 2.24) is 5.32 Å². The number of hydrogen-bond donors (Lipinski definition) is 1. The Labute approximate surface area is 120 Å². The summed E-state index contributed by atoms with van der Waals surface area (Å²) < 4.78 is 5.26. The van der Waals surface area contributed by atoms with Gasteiger partial charge in [-0.2, -0.15) is 0 Å². The van der Waals surface area contributed by atoms with Crippen molar-refractivity contribution in [3.8, 4) is 0 Å². The SMILES string of the molecule is CC(=O)SC1CCCC(NC(=O)OC(C)(C)C)CC1. The number of carbonyl (C=O) groups is 2. The Kier molecular flexibility index (Phi) is 6.17. The maximum atomic E-state index is 11.7. The van der Waals surface area contributed by atoms with E-state index in [1.807, 2.05) is 20.8 Å². The van der Waals surface area contributed by atoms with Gasteiger partial charge in [0.25, 0.3) is 0 Å². The molecular formula is C14H25NO3S. The van der Waals surface area contributed by atoms with Crippen LogP contribution < -0.4 is 5.32 Å². The molecule has 2 unspecified atom stereocenters. The minimum absolute atomic E-state index is 0.174. The summed E-state index contributed by atoms with van der Waals surface area (Å²) in [5.74, 6) is 0. The molecule has 0 heterocycles. The number of rotatable bonds is 2. The smallest absolute Gasteiger partial charge is 0.407 e. The molecule has 4 nitrogen and oxygen atoms in total. The number of thioether (sulfide) groups is 1. The van der Waals surface area contributed by atoms with Crippen molar-refractivity contribution < 1.29 is 14.3 Å². The predicted octanol–water partition coefficient (Wildman–Crippen LogP) is 3.49. The van der Waals surface area contributed by atoms with Crippen molar-refractivity contribution >= 4 is 23.0 Å². The van der Waals surface area contributed by atoms with Gasteiger partial charge in [0.1, 0.15) is 5.60 Å². The van der Waals surface area contributed by atoms with Crippen LogP contribution in [-0.2, 0) is 9.53 Å². The van der Waals surface area contributed by atoms with E-state index in [4.69, 9.17) is 4.74 Å². The lowest BCUT2D eigenvalue weighted by Gasteiger charge is -2.23. The first-order valence-corrected chi connectivity index (χ1v) is 7.81. The second kappa shape index (κ2) is 7.17. The molecule has 1 rings (SSSR count). The molecule has 1 aliphatic rings. The van der Waals surface area contributed by atoms with Crippen LogP contribution in [0, 0.1) is 0 Å². The van der Waals surface area contributed by atoms with Gasteiger partial charge in [-0.3, -0.25) is 4.79 Å². The monoisotopic (exact) mass is 287 g/mol. The molecule has 0 bridgehead atoms. The van der Waals surface area contributed by atoms with Crippen LogP contribution in [-0.4, -0.2) is 28.1 Å². The van der Waals surface area contributed by atoms with Crippen LogP contribution in [0.5, 0.6) is 0 Å². The number of carbonyl (C=O) groups excluding carboxylic acids is 2. The minimum Gasteiger partial charge on any atom is -0.444 e. The highest BCUT2D eigenvalue weighted by Gasteiger charge is 2.23. The highest BCUT2D eigenvalue weighted by atomic mass is 32.2. The fourth-order valence-electron chi connectivity index (χ4n) is 2.24. The average Bonchev–Trinajstić information content (AvgIpc) is 2.40. The molecule has 0 aliphatic heterocycles. The third kappa shape index (κ3) is 7.45. The van der Waals surface area contributed by atoms with Crippen molar-refractivity contribution in [3.63, 3.8) is 0 Å². The molecule has 19 heavy (non-hydrogen) atoms. The van der Waals surface area contributed by atoms with Crippen LogP contribution >= 0.6 is 11.8 Å². The Morgan fingerprint density at radius 3 is 2.42 bits per heavy atom. The quantitative estimate of drug-likeness (QED) is 0.790. The number of hydrogen-bond acceptors (Lipinski definition) is 4. The van der Waals surface area contributed by atoms with Crippen LogP contribution in [0.4, 0.5) is 4.79 Å². The molecular weight excluding hydrogens is 262 g/mol. The van der Waals surface area contributed by atoms with E-state index in [0.717, 1.165) is 32.1 Å². The molecule has 0 saturated heterocycles. The summed E-state index contributed by atoms with van der Waals surface area (Å²) >= 11 is 1.44. The van der Waals surface area contributed by atoms with Crippen LogP contribution in [0.15, 0.2) is 0 Å². The maximum Gasteiger partial charge on any atom is 0.407 e. The van der Waals surface area contributed by atoms with Crippen molar-refractivity contribution in [1.29, 1.82) is 0 Å². The standard InChI is InChI=1S/C14H25NO3S/c1-10(16)19-12-7-5-6-11(8-9-12)15-13(17)18-14(2,3)4/h11-12H,5-9H2,1-4H3,(H,15,17). The summed E-state index contributed by atoms with van der Waals surface area (Å²) in [5.41, 5.74) is -0.457. The second-order valence-corrected chi connectivity index (χ2v) is 7.56. The minimum atomic E-state index is -0.457. The van der Waals surface area contributed by atoms with Gasteiger partial charge in [-0.25, -0.2) is 4.79 Å². The third-order valence-corrected chi connectivity index (χ3v) is 4.11. The summed E-state index contributed by atoms with van der Waals surface area (Å²) in [5, 5.41) is 3.52. The molecule has 1 fully saturated rings. The lowest BCUT2D eigenvalue weighted by molar-refractivity contribution is -0.109. The van der Waals surface area contributed by atoms with Gasteiger partial charge in [-0.05, 0) is 46.5 Å². The maximum absolute atomic E-state index is 11.7. The van der Waals surface area contributed by atoms with Gasteiger partial charge in [0.15, 0.2) is 5.12 Å². The number of alkyl carbamates (subject to hydrolysis) is 1. The van der Waals surface area contributed by atoms with E-state index in [1.165, 1.54) is 11.8 Å². The molecule has 1 saturated carbocycles. The van der Waals surface area contributed by atoms with E-state index in [-0.39, 0.29) is 17.3 Å². The van der Waals surface area contributed by atoms with Crippen molar-refractivity contribution in [2.24, 2.45) is 0 Å². The molecule has 0 aromatic carbocycles. The van der Waals surface area contributed by atoms with Gasteiger partial charge >= 0.3 is 6.09 Å². The first kappa shape index (κ1) is 16.3. The van der Waals surface area contributed by atoms with E-state index in [2.05, 4.69) is 5.32 Å². The van der Waals surface area contributed by atoms with E-state index in [1.54, 1.807) is 6.92 Å². The third-order valence-electron chi connectivity index (χ3n) is 2.97. The summed E-state index contributed by atoms with van der Waals surface area (Å²) in [6.07, 6.45) is 4.63. The molecule has 0 spiro atoms. The summed E-state index contributed by atoms with van der Waals surface area (Å²) in [7, 11) is 0. The molecule has 5 heteroatoms. The zero-order valence-corrected chi connectivity index (χ0v) is 13.1.